The summed E-state index contributed by atoms with van der Waals surface area (Å²) < 4.78 is 6.38. The summed E-state index contributed by atoms with van der Waals surface area (Å²) in [5, 5.41) is 14.2. The van der Waals surface area contributed by atoms with E-state index in [2.05, 4.69) is 145 Å². The molecule has 1 aliphatic rings. The van der Waals surface area contributed by atoms with Crippen LogP contribution < -0.4 is 5.32 Å². The van der Waals surface area contributed by atoms with Crippen molar-refractivity contribution < 1.29 is 9.73 Å². The third-order valence-electron chi connectivity index (χ3n) is 12.7. The number of benzene rings is 9. The molecule has 6 heteroatoms. The van der Waals surface area contributed by atoms with Gasteiger partial charge in [0.05, 0.1) is 16.9 Å². The lowest BCUT2D eigenvalue weighted by atomic mass is 9.82. The molecule has 9 aromatic carbocycles. The molecule has 3 N–H and O–H groups in total. The first kappa shape index (κ1) is 40.4. The normalized spacial score (nSPS) is 13.1. The number of hydrogen-bond acceptors (Lipinski definition) is 5. The van der Waals surface area contributed by atoms with Crippen LogP contribution in [0, 0.1) is 5.41 Å². The zero-order chi connectivity index (χ0) is 45.4. The molecule has 0 unspecified atom stereocenters. The number of nitrogens with zero attached hydrogens (tertiary/aromatic N) is 3. The van der Waals surface area contributed by atoms with Gasteiger partial charge in [0.15, 0.2) is 28.9 Å². The number of rotatable bonds is 9. The number of allylic oxidation sites excluding steroid dienone is 1. The summed E-state index contributed by atoms with van der Waals surface area (Å²) >= 11 is 0. The van der Waals surface area contributed by atoms with Crippen LogP contribution in [0.25, 0.3) is 89.8 Å². The van der Waals surface area contributed by atoms with Gasteiger partial charge in [0.1, 0.15) is 11.2 Å². The number of nitrogens with two attached hydrogens (primary N) is 1. The summed E-state index contributed by atoms with van der Waals surface area (Å²) in [7, 11) is 0. The van der Waals surface area contributed by atoms with Gasteiger partial charge in [-0.25, -0.2) is 15.0 Å². The van der Waals surface area contributed by atoms with Crippen LogP contribution in [0.3, 0.4) is 0 Å². The van der Waals surface area contributed by atoms with Crippen LogP contribution in [0.2, 0.25) is 0 Å². The summed E-state index contributed by atoms with van der Waals surface area (Å²) in [5.74, 6) is 1.78. The first-order valence-corrected chi connectivity index (χ1v) is 22.8. The summed E-state index contributed by atoms with van der Waals surface area (Å²) in [4.78, 5) is 15.3. The van der Waals surface area contributed by atoms with Crippen LogP contribution in [0.1, 0.15) is 33.4 Å². The van der Waals surface area contributed by atoms with E-state index in [1.165, 1.54) is 0 Å². The molecule has 320 valence electrons. The number of fused-ring (bicyclic) bond motifs is 4. The van der Waals surface area contributed by atoms with E-state index in [0.29, 0.717) is 23.2 Å². The van der Waals surface area contributed by atoms with Gasteiger partial charge < -0.3 is 4.42 Å². The number of hydrogen-bond donors (Lipinski definition) is 2. The van der Waals surface area contributed by atoms with E-state index in [0.717, 1.165) is 106 Å². The predicted octanol–water partition coefficient (Wildman–Crippen LogP) is 13.9. The van der Waals surface area contributed by atoms with Crippen molar-refractivity contribution in [2.45, 2.75) is 0 Å². The highest BCUT2D eigenvalue weighted by Crippen LogP contribution is 2.40. The Hall–Kier alpha value is -9.10. The van der Waals surface area contributed by atoms with E-state index < -0.39 is 0 Å². The third-order valence-corrected chi connectivity index (χ3v) is 12.7. The molecule has 6 nitrogen and oxygen atoms in total. The molecule has 3 heterocycles. The van der Waals surface area contributed by atoms with Crippen LogP contribution in [0.4, 0.5) is 0 Å². The van der Waals surface area contributed by atoms with E-state index in [1.807, 2.05) is 97.1 Å². The summed E-state index contributed by atoms with van der Waals surface area (Å²) in [5.41, 5.74) is 17.2. The number of para-hydroxylation sites is 2. The molecule has 0 atom stereocenters. The van der Waals surface area contributed by atoms with Crippen LogP contribution in [-0.2, 0) is 0 Å². The molecule has 0 radical (unpaired) electrons. The smallest absolute Gasteiger partial charge is 0.164 e. The fraction of sp³-hybridized carbons (Fsp3) is 0. The quantitative estimate of drug-likeness (QED) is 0.141. The minimum absolute atomic E-state index is 0.473. The molecule has 0 aliphatic carbocycles. The lowest BCUT2D eigenvalue weighted by Gasteiger charge is -2.26. The van der Waals surface area contributed by atoms with Crippen molar-refractivity contribution in [3.63, 3.8) is 0 Å². The molecule has 0 fully saturated rings. The number of nitrogens with one attached hydrogen (secondary N) is 1. The molecular weight excluding hydrogens is 831 g/mol. The van der Waals surface area contributed by atoms with Crippen molar-refractivity contribution in [3.05, 3.63) is 270 Å². The Morgan fingerprint density at radius 1 is 0.368 bits per heavy atom. The second-order valence-electron chi connectivity index (χ2n) is 16.8. The Balaban J connectivity index is 0.962. The standard InChI is InChI=1S/C62H41N5O/c63-56(43-20-7-2-8-21-43)55(41-18-5-1-6-19-41)58-51-28-14-13-27-50(51)54(57(64-58)44-22-9-3-10-23-44)42-34-38-47(39-35-42)62-66-60(45-24-11-4-12-25-45)65-61(67-62)46-36-32-40(33-37-46)48-29-17-30-52-49-26-15-16-31-53(49)68-59(48)52/h1-39,63-64H/p+1. The zero-order valence-corrected chi connectivity index (χ0v) is 36.8. The van der Waals surface area contributed by atoms with E-state index in [1.54, 1.807) is 0 Å². The van der Waals surface area contributed by atoms with Gasteiger partial charge in [0.2, 0.25) is 0 Å². The van der Waals surface area contributed by atoms with Gasteiger partial charge in [-0.1, -0.05) is 212 Å². The molecule has 0 saturated carbocycles. The van der Waals surface area contributed by atoms with Crippen molar-refractivity contribution in [2.24, 2.45) is 0 Å². The van der Waals surface area contributed by atoms with Crippen molar-refractivity contribution >= 4 is 50.2 Å². The predicted molar refractivity (Wildman–Crippen MR) is 276 cm³/mol. The van der Waals surface area contributed by atoms with E-state index >= 15 is 0 Å². The van der Waals surface area contributed by atoms with Gasteiger partial charge in [0.25, 0.3) is 0 Å². The molecule has 0 spiro atoms. The molecule has 1 aliphatic heterocycles. The minimum Gasteiger partial charge on any atom is -0.455 e. The fourth-order valence-electron chi connectivity index (χ4n) is 9.44. The third kappa shape index (κ3) is 7.41. The molecule has 12 rings (SSSR count). The Bertz CT molecular complexity index is 3730. The van der Waals surface area contributed by atoms with E-state index in [9.17, 15) is 5.41 Å². The molecule has 2 aromatic heterocycles. The van der Waals surface area contributed by atoms with Gasteiger partial charge in [-0.2, -0.15) is 0 Å². The monoisotopic (exact) mass is 872 g/mol. The molecule has 11 aromatic rings. The summed E-state index contributed by atoms with van der Waals surface area (Å²) in [6.45, 7) is 0. The van der Waals surface area contributed by atoms with Gasteiger partial charge >= 0.3 is 0 Å². The average molecular weight is 873 g/mol. The maximum absolute atomic E-state index is 9.71. The molecule has 68 heavy (non-hydrogen) atoms. The lowest BCUT2D eigenvalue weighted by Crippen LogP contribution is -2.79. The van der Waals surface area contributed by atoms with Crippen molar-refractivity contribution in [1.82, 2.24) is 15.0 Å². The van der Waals surface area contributed by atoms with Crippen molar-refractivity contribution in [1.29, 1.82) is 5.41 Å². The molecular formula is C62H42N5O+. The highest BCUT2D eigenvalue weighted by molar-refractivity contribution is 6.35. The highest BCUT2D eigenvalue weighted by atomic mass is 16.3. The largest absolute Gasteiger partial charge is 0.455 e. The Kier molecular flexibility index (Phi) is 10.3. The SMILES string of the molecule is N=C(C(=C1[NH2+]C(c2ccccc2)=C(c2ccc(-c3nc(-c4ccccc4)nc(-c4ccc(-c5cccc6c5oc5ccccc56)cc4)n3)cc2)c2ccccc21)c1ccccc1)c1ccccc1. The Labute approximate surface area is 393 Å². The average Bonchev–Trinajstić information content (AvgIpc) is 3.81. The van der Waals surface area contributed by atoms with Gasteiger partial charge in [-0.3, -0.25) is 10.7 Å². The van der Waals surface area contributed by atoms with Gasteiger partial charge in [-0.05, 0) is 41.0 Å². The second kappa shape index (κ2) is 17.4. The summed E-state index contributed by atoms with van der Waals surface area (Å²) in [6, 6.07) is 81.0. The highest BCUT2D eigenvalue weighted by Gasteiger charge is 2.33. The first-order valence-electron chi connectivity index (χ1n) is 22.8. The number of aromatic nitrogens is 3. The first-order chi connectivity index (χ1) is 33.6. The van der Waals surface area contributed by atoms with Gasteiger partial charge in [-0.15, -0.1) is 0 Å². The molecule has 0 amide bonds. The van der Waals surface area contributed by atoms with Crippen LogP contribution in [0.15, 0.2) is 241 Å². The zero-order valence-electron chi connectivity index (χ0n) is 36.8. The van der Waals surface area contributed by atoms with Crippen LogP contribution in [0.5, 0.6) is 0 Å². The summed E-state index contributed by atoms with van der Waals surface area (Å²) in [6.07, 6.45) is 0. The second-order valence-corrected chi connectivity index (χ2v) is 16.8. The van der Waals surface area contributed by atoms with Crippen molar-refractivity contribution in [2.75, 3.05) is 0 Å². The number of furan rings is 1. The molecule has 0 saturated heterocycles. The van der Waals surface area contributed by atoms with E-state index in [4.69, 9.17) is 19.4 Å². The minimum atomic E-state index is 0.473. The van der Waals surface area contributed by atoms with Crippen LogP contribution in [-0.4, -0.2) is 20.7 Å². The fourth-order valence-corrected chi connectivity index (χ4v) is 9.44. The maximum atomic E-state index is 9.71. The number of quaternary nitrogens is 1. The Morgan fingerprint density at radius 3 is 1.46 bits per heavy atom. The topological polar surface area (TPSA) is 92.3 Å². The maximum Gasteiger partial charge on any atom is 0.164 e. The van der Waals surface area contributed by atoms with Crippen molar-refractivity contribution in [3.8, 4) is 45.3 Å². The Morgan fingerprint density at radius 2 is 0.824 bits per heavy atom. The van der Waals surface area contributed by atoms with Gasteiger partial charge in [0, 0.05) is 55.3 Å². The van der Waals surface area contributed by atoms with E-state index in [-0.39, 0.29) is 0 Å². The lowest BCUT2D eigenvalue weighted by molar-refractivity contribution is -0.459. The van der Waals surface area contributed by atoms with Crippen LogP contribution >= 0.6 is 0 Å². The molecule has 0 bridgehead atoms.